The Morgan fingerprint density at radius 3 is 2.83 bits per heavy atom. The van der Waals surface area contributed by atoms with Crippen LogP contribution < -0.4 is 11.1 Å². The van der Waals surface area contributed by atoms with Crippen molar-refractivity contribution in [2.75, 3.05) is 11.1 Å². The van der Waals surface area contributed by atoms with Crippen LogP contribution in [0.4, 0.5) is 11.5 Å². The largest absolute Gasteiger partial charge is 0.399 e. The van der Waals surface area contributed by atoms with Gasteiger partial charge in [0.1, 0.15) is 5.82 Å². The summed E-state index contributed by atoms with van der Waals surface area (Å²) in [5.74, 6) is 0.852. The van der Waals surface area contributed by atoms with Crippen molar-refractivity contribution >= 4 is 27.4 Å². The Morgan fingerprint density at radius 1 is 1.33 bits per heavy atom. The molecule has 0 aliphatic carbocycles. The highest BCUT2D eigenvalue weighted by atomic mass is 79.9. The number of aryl methyl sites for hydroxylation is 1. The van der Waals surface area contributed by atoms with Crippen molar-refractivity contribution in [1.29, 1.82) is 0 Å². The Morgan fingerprint density at radius 2 is 2.11 bits per heavy atom. The average molecular weight is 306 g/mol. The molecule has 3 nitrogen and oxygen atoms in total. The summed E-state index contributed by atoms with van der Waals surface area (Å²) in [5.41, 5.74) is 8.87. The van der Waals surface area contributed by atoms with E-state index >= 15 is 0 Å². The summed E-state index contributed by atoms with van der Waals surface area (Å²) in [4.78, 5) is 4.34. The number of aromatic nitrogens is 1. The van der Waals surface area contributed by atoms with Crippen molar-refractivity contribution in [3.8, 4) is 0 Å². The average Bonchev–Trinajstić information content (AvgIpc) is 2.35. The van der Waals surface area contributed by atoms with Crippen molar-refractivity contribution in [2.45, 2.75) is 19.9 Å². The Balaban J connectivity index is 2.21. The standard InChI is InChI=1S/C14H16BrN3/c1-9-6-7-17-14(13(9)15)18-10(2)11-4-3-5-12(16)8-11/h3-8,10H,16H2,1-2H3,(H,17,18). The zero-order chi connectivity index (χ0) is 13.1. The minimum atomic E-state index is 0.152. The molecule has 0 amide bonds. The zero-order valence-corrected chi connectivity index (χ0v) is 12.0. The fraction of sp³-hybridized carbons (Fsp3) is 0.214. The smallest absolute Gasteiger partial charge is 0.141 e. The van der Waals surface area contributed by atoms with Crippen LogP contribution in [0.2, 0.25) is 0 Å². The molecule has 0 aliphatic rings. The SMILES string of the molecule is Cc1ccnc(NC(C)c2cccc(N)c2)c1Br. The maximum Gasteiger partial charge on any atom is 0.141 e. The quantitative estimate of drug-likeness (QED) is 0.845. The van der Waals surface area contributed by atoms with E-state index in [2.05, 4.69) is 39.2 Å². The highest BCUT2D eigenvalue weighted by Crippen LogP contribution is 2.27. The van der Waals surface area contributed by atoms with Crippen LogP contribution in [-0.4, -0.2) is 4.98 Å². The molecule has 0 saturated heterocycles. The number of nitrogens with zero attached hydrogens (tertiary/aromatic N) is 1. The normalized spacial score (nSPS) is 12.2. The molecule has 4 heteroatoms. The van der Waals surface area contributed by atoms with Crippen molar-refractivity contribution in [3.63, 3.8) is 0 Å². The Kier molecular flexibility index (Phi) is 3.87. The molecular formula is C14H16BrN3. The van der Waals surface area contributed by atoms with E-state index in [4.69, 9.17) is 5.73 Å². The number of hydrogen-bond donors (Lipinski definition) is 2. The second-order valence-corrected chi connectivity index (χ2v) is 5.12. The number of benzene rings is 1. The van der Waals surface area contributed by atoms with Crippen molar-refractivity contribution < 1.29 is 0 Å². The number of pyridine rings is 1. The molecule has 1 atom stereocenters. The van der Waals surface area contributed by atoms with E-state index in [9.17, 15) is 0 Å². The summed E-state index contributed by atoms with van der Waals surface area (Å²) in [6, 6.07) is 10.00. The molecule has 2 aromatic rings. The fourth-order valence-electron chi connectivity index (χ4n) is 1.76. The molecule has 2 rings (SSSR count). The van der Waals surface area contributed by atoms with Crippen LogP contribution in [0.25, 0.3) is 0 Å². The Hall–Kier alpha value is -1.55. The molecule has 94 valence electrons. The summed E-state index contributed by atoms with van der Waals surface area (Å²) in [6.45, 7) is 4.13. The van der Waals surface area contributed by atoms with Crippen LogP contribution in [0.1, 0.15) is 24.1 Å². The van der Waals surface area contributed by atoms with E-state index in [0.29, 0.717) is 0 Å². The van der Waals surface area contributed by atoms with Crippen LogP contribution in [0.5, 0.6) is 0 Å². The molecule has 1 aromatic carbocycles. The van der Waals surface area contributed by atoms with Gasteiger partial charge in [-0.15, -0.1) is 0 Å². The molecule has 0 bridgehead atoms. The van der Waals surface area contributed by atoms with Gasteiger partial charge in [-0.05, 0) is 59.1 Å². The summed E-state index contributed by atoms with van der Waals surface area (Å²) in [6.07, 6.45) is 1.80. The molecule has 0 radical (unpaired) electrons. The summed E-state index contributed by atoms with van der Waals surface area (Å²) >= 11 is 3.55. The number of anilines is 2. The lowest BCUT2D eigenvalue weighted by Crippen LogP contribution is -2.09. The lowest BCUT2D eigenvalue weighted by Gasteiger charge is -2.17. The van der Waals surface area contributed by atoms with Crippen LogP contribution in [0.15, 0.2) is 41.0 Å². The number of hydrogen-bond acceptors (Lipinski definition) is 3. The third kappa shape index (κ3) is 2.82. The second kappa shape index (κ2) is 5.40. The lowest BCUT2D eigenvalue weighted by molar-refractivity contribution is 0.872. The molecule has 18 heavy (non-hydrogen) atoms. The van der Waals surface area contributed by atoms with Gasteiger partial charge in [0, 0.05) is 11.9 Å². The summed E-state index contributed by atoms with van der Waals surface area (Å²) < 4.78 is 1.00. The van der Waals surface area contributed by atoms with Crippen LogP contribution in [-0.2, 0) is 0 Å². The van der Waals surface area contributed by atoms with E-state index in [-0.39, 0.29) is 6.04 Å². The van der Waals surface area contributed by atoms with E-state index < -0.39 is 0 Å². The van der Waals surface area contributed by atoms with E-state index in [1.807, 2.05) is 31.2 Å². The summed E-state index contributed by atoms with van der Waals surface area (Å²) in [5, 5.41) is 3.38. The van der Waals surface area contributed by atoms with Gasteiger partial charge in [0.25, 0.3) is 0 Å². The van der Waals surface area contributed by atoms with Gasteiger partial charge in [-0.25, -0.2) is 4.98 Å². The second-order valence-electron chi connectivity index (χ2n) is 4.33. The lowest BCUT2D eigenvalue weighted by atomic mass is 10.1. The zero-order valence-electron chi connectivity index (χ0n) is 10.4. The van der Waals surface area contributed by atoms with Gasteiger partial charge in [-0.1, -0.05) is 12.1 Å². The molecular weight excluding hydrogens is 290 g/mol. The van der Waals surface area contributed by atoms with Gasteiger partial charge < -0.3 is 11.1 Å². The maximum absolute atomic E-state index is 5.79. The highest BCUT2D eigenvalue weighted by Gasteiger charge is 2.09. The predicted molar refractivity (Wildman–Crippen MR) is 79.6 cm³/mol. The minimum absolute atomic E-state index is 0.152. The van der Waals surface area contributed by atoms with Crippen LogP contribution in [0.3, 0.4) is 0 Å². The van der Waals surface area contributed by atoms with Gasteiger partial charge in [0.15, 0.2) is 0 Å². The molecule has 0 fully saturated rings. The fourth-order valence-corrected chi connectivity index (χ4v) is 2.11. The third-order valence-electron chi connectivity index (χ3n) is 2.85. The number of nitrogens with two attached hydrogens (primary N) is 1. The molecule has 1 aromatic heterocycles. The molecule has 0 aliphatic heterocycles. The van der Waals surface area contributed by atoms with E-state index in [1.165, 1.54) is 0 Å². The van der Waals surface area contributed by atoms with E-state index in [1.54, 1.807) is 6.20 Å². The Labute approximate surface area is 116 Å². The van der Waals surface area contributed by atoms with Gasteiger partial charge in [-0.2, -0.15) is 0 Å². The Bertz CT molecular complexity index is 554. The number of rotatable bonds is 3. The molecule has 0 saturated carbocycles. The first-order chi connectivity index (χ1) is 8.58. The summed E-state index contributed by atoms with van der Waals surface area (Å²) in [7, 11) is 0. The highest BCUT2D eigenvalue weighted by molar-refractivity contribution is 9.10. The predicted octanol–water partition coefficient (Wildman–Crippen LogP) is 3.91. The first-order valence-corrected chi connectivity index (χ1v) is 6.60. The third-order valence-corrected chi connectivity index (χ3v) is 3.85. The van der Waals surface area contributed by atoms with Crippen molar-refractivity contribution in [2.24, 2.45) is 0 Å². The first-order valence-electron chi connectivity index (χ1n) is 5.81. The van der Waals surface area contributed by atoms with Crippen LogP contribution >= 0.6 is 15.9 Å². The topological polar surface area (TPSA) is 50.9 Å². The number of nitrogen functional groups attached to an aromatic ring is 1. The van der Waals surface area contributed by atoms with Crippen molar-refractivity contribution in [3.05, 3.63) is 52.1 Å². The van der Waals surface area contributed by atoms with Gasteiger partial charge in [0.05, 0.1) is 10.5 Å². The maximum atomic E-state index is 5.79. The minimum Gasteiger partial charge on any atom is -0.399 e. The van der Waals surface area contributed by atoms with Crippen LogP contribution in [0, 0.1) is 6.92 Å². The van der Waals surface area contributed by atoms with Gasteiger partial charge in [0.2, 0.25) is 0 Å². The number of halogens is 1. The van der Waals surface area contributed by atoms with Gasteiger partial charge in [-0.3, -0.25) is 0 Å². The molecule has 1 unspecified atom stereocenters. The molecule has 0 spiro atoms. The van der Waals surface area contributed by atoms with Gasteiger partial charge >= 0.3 is 0 Å². The molecule has 3 N–H and O–H groups in total. The van der Waals surface area contributed by atoms with Crippen molar-refractivity contribution in [1.82, 2.24) is 4.98 Å². The molecule has 1 heterocycles. The number of nitrogens with one attached hydrogen (secondary N) is 1. The monoisotopic (exact) mass is 305 g/mol. The first kappa shape index (κ1) is 12.9. The van der Waals surface area contributed by atoms with E-state index in [0.717, 1.165) is 27.1 Å².